The molecule has 2 nitrogen and oxygen atoms in total. The number of hydrogen-bond acceptors (Lipinski definition) is 2. The third kappa shape index (κ3) is 5.00. The lowest BCUT2D eigenvalue weighted by molar-refractivity contribution is 0.0990. The first-order valence-corrected chi connectivity index (χ1v) is 7.62. The molecule has 1 atom stereocenters. The summed E-state index contributed by atoms with van der Waals surface area (Å²) in [6.45, 7) is 8.70. The van der Waals surface area contributed by atoms with Crippen LogP contribution in [-0.4, -0.2) is 13.2 Å². The lowest BCUT2D eigenvalue weighted by atomic mass is 10.0. The minimum Gasteiger partial charge on any atom is -0.375 e. The largest absolute Gasteiger partial charge is 0.375 e. The summed E-state index contributed by atoms with van der Waals surface area (Å²) >= 11 is 0. The zero-order chi connectivity index (χ0) is 15.1. The van der Waals surface area contributed by atoms with Gasteiger partial charge < -0.3 is 10.1 Å². The maximum absolute atomic E-state index is 5.91. The molecule has 2 rings (SSSR count). The van der Waals surface area contributed by atoms with E-state index >= 15 is 0 Å². The third-order valence-electron chi connectivity index (χ3n) is 3.49. The number of nitrogens with one attached hydrogen (secondary N) is 1. The minimum atomic E-state index is 0.248. The van der Waals surface area contributed by atoms with E-state index in [0.29, 0.717) is 13.2 Å². The Bertz CT molecular complexity index is 530. The number of ether oxygens (including phenoxy) is 1. The first-order chi connectivity index (χ1) is 10.2. The van der Waals surface area contributed by atoms with Gasteiger partial charge in [0, 0.05) is 0 Å². The maximum atomic E-state index is 5.91. The third-order valence-corrected chi connectivity index (χ3v) is 3.49. The molecule has 2 aromatic carbocycles. The van der Waals surface area contributed by atoms with Gasteiger partial charge in [-0.3, -0.25) is 0 Å². The molecule has 0 radical (unpaired) electrons. The summed E-state index contributed by atoms with van der Waals surface area (Å²) < 4.78 is 5.91. The van der Waals surface area contributed by atoms with E-state index < -0.39 is 0 Å². The fourth-order valence-corrected chi connectivity index (χ4v) is 2.60. The van der Waals surface area contributed by atoms with Crippen molar-refractivity contribution in [2.45, 2.75) is 33.4 Å². The van der Waals surface area contributed by atoms with E-state index in [1.807, 2.05) is 18.2 Å². The van der Waals surface area contributed by atoms with Crippen molar-refractivity contribution in [2.24, 2.45) is 0 Å². The van der Waals surface area contributed by atoms with Gasteiger partial charge in [-0.25, -0.2) is 0 Å². The van der Waals surface area contributed by atoms with Crippen LogP contribution in [0.5, 0.6) is 0 Å². The second-order valence-electron chi connectivity index (χ2n) is 5.53. The Morgan fingerprint density at radius 2 is 1.67 bits per heavy atom. The van der Waals surface area contributed by atoms with Gasteiger partial charge >= 0.3 is 0 Å². The molecular formula is C19H25NO. The molecule has 0 aliphatic heterocycles. The lowest BCUT2D eigenvalue weighted by Crippen LogP contribution is -2.25. The van der Waals surface area contributed by atoms with Crippen LogP contribution in [0.25, 0.3) is 0 Å². The summed E-state index contributed by atoms with van der Waals surface area (Å²) in [4.78, 5) is 0. The molecule has 2 aromatic rings. The molecule has 0 fully saturated rings. The molecule has 0 aliphatic carbocycles. The first-order valence-electron chi connectivity index (χ1n) is 7.62. The second-order valence-corrected chi connectivity index (χ2v) is 5.53. The Hall–Kier alpha value is -1.64. The highest BCUT2D eigenvalue weighted by molar-refractivity contribution is 5.30. The quantitative estimate of drug-likeness (QED) is 0.823. The van der Waals surface area contributed by atoms with Crippen LogP contribution < -0.4 is 5.32 Å². The minimum absolute atomic E-state index is 0.248. The first kappa shape index (κ1) is 15.7. The zero-order valence-electron chi connectivity index (χ0n) is 13.2. The molecule has 0 aliphatic rings. The molecular weight excluding hydrogens is 258 g/mol. The monoisotopic (exact) mass is 283 g/mol. The van der Waals surface area contributed by atoms with Crippen LogP contribution in [-0.2, 0) is 11.3 Å². The highest BCUT2D eigenvalue weighted by Crippen LogP contribution is 2.18. The molecule has 1 N–H and O–H groups in total. The Morgan fingerprint density at radius 3 is 2.29 bits per heavy atom. The number of aryl methyl sites for hydroxylation is 2. The number of likely N-dealkylation sites (N-methyl/N-ethyl adjacent to an activating group) is 1. The average molecular weight is 283 g/mol. The van der Waals surface area contributed by atoms with Crippen LogP contribution >= 0.6 is 0 Å². The fraction of sp³-hybridized carbons (Fsp3) is 0.368. The summed E-state index contributed by atoms with van der Waals surface area (Å²) in [7, 11) is 0. The molecule has 2 heteroatoms. The van der Waals surface area contributed by atoms with Gasteiger partial charge in [-0.15, -0.1) is 0 Å². The molecule has 112 valence electrons. The molecule has 0 spiro atoms. The van der Waals surface area contributed by atoms with Gasteiger partial charge in [0.25, 0.3) is 0 Å². The van der Waals surface area contributed by atoms with Crippen molar-refractivity contribution in [3.63, 3.8) is 0 Å². The number of rotatable bonds is 7. The van der Waals surface area contributed by atoms with E-state index in [4.69, 9.17) is 4.74 Å². The van der Waals surface area contributed by atoms with Crippen LogP contribution in [0.4, 0.5) is 0 Å². The van der Waals surface area contributed by atoms with Crippen LogP contribution in [0.2, 0.25) is 0 Å². The van der Waals surface area contributed by atoms with E-state index in [-0.39, 0.29) is 6.04 Å². The van der Waals surface area contributed by atoms with Crippen LogP contribution in [0.3, 0.4) is 0 Å². The Balaban J connectivity index is 1.98. The SMILES string of the molecule is CCNC(COCc1ccccc1)c1cc(C)cc(C)c1. The highest BCUT2D eigenvalue weighted by atomic mass is 16.5. The van der Waals surface area contributed by atoms with E-state index in [2.05, 4.69) is 56.4 Å². The van der Waals surface area contributed by atoms with Crippen molar-refractivity contribution >= 4 is 0 Å². The molecule has 0 aromatic heterocycles. The van der Waals surface area contributed by atoms with Crippen molar-refractivity contribution in [1.29, 1.82) is 0 Å². The predicted octanol–water partition coefficient (Wildman–Crippen LogP) is 4.17. The van der Waals surface area contributed by atoms with Crippen molar-refractivity contribution in [3.05, 3.63) is 70.8 Å². The fourth-order valence-electron chi connectivity index (χ4n) is 2.60. The summed E-state index contributed by atoms with van der Waals surface area (Å²) in [5, 5.41) is 3.51. The molecule has 0 amide bonds. The topological polar surface area (TPSA) is 21.3 Å². The van der Waals surface area contributed by atoms with Gasteiger partial charge in [0.2, 0.25) is 0 Å². The number of benzene rings is 2. The molecule has 0 bridgehead atoms. The van der Waals surface area contributed by atoms with E-state index in [1.54, 1.807) is 0 Å². The normalized spacial score (nSPS) is 12.3. The smallest absolute Gasteiger partial charge is 0.0717 e. The van der Waals surface area contributed by atoms with Crippen molar-refractivity contribution in [2.75, 3.05) is 13.2 Å². The standard InChI is InChI=1S/C19H25NO/c1-4-20-19(18-11-15(2)10-16(3)12-18)14-21-13-17-8-6-5-7-9-17/h5-12,19-20H,4,13-14H2,1-3H3. The van der Waals surface area contributed by atoms with E-state index in [9.17, 15) is 0 Å². The molecule has 0 saturated heterocycles. The Morgan fingerprint density at radius 1 is 1.00 bits per heavy atom. The van der Waals surface area contributed by atoms with Gasteiger partial charge in [0.15, 0.2) is 0 Å². The van der Waals surface area contributed by atoms with Crippen molar-refractivity contribution in [1.82, 2.24) is 5.32 Å². The van der Waals surface area contributed by atoms with Crippen LogP contribution in [0, 0.1) is 13.8 Å². The van der Waals surface area contributed by atoms with Gasteiger partial charge in [-0.05, 0) is 31.5 Å². The molecule has 21 heavy (non-hydrogen) atoms. The highest BCUT2D eigenvalue weighted by Gasteiger charge is 2.11. The maximum Gasteiger partial charge on any atom is 0.0717 e. The van der Waals surface area contributed by atoms with Gasteiger partial charge in [0.05, 0.1) is 19.3 Å². The Kier molecular flexibility index (Phi) is 5.97. The van der Waals surface area contributed by atoms with Crippen LogP contribution in [0.1, 0.15) is 35.2 Å². The number of hydrogen-bond donors (Lipinski definition) is 1. The summed E-state index contributed by atoms with van der Waals surface area (Å²) in [6.07, 6.45) is 0. The summed E-state index contributed by atoms with van der Waals surface area (Å²) in [5.74, 6) is 0. The predicted molar refractivity (Wildman–Crippen MR) is 88.4 cm³/mol. The second kappa shape index (κ2) is 7.96. The molecule has 0 heterocycles. The Labute approximate surface area is 128 Å². The molecule has 0 saturated carbocycles. The van der Waals surface area contributed by atoms with Gasteiger partial charge in [-0.1, -0.05) is 66.6 Å². The zero-order valence-corrected chi connectivity index (χ0v) is 13.2. The lowest BCUT2D eigenvalue weighted by Gasteiger charge is -2.19. The van der Waals surface area contributed by atoms with E-state index in [1.165, 1.54) is 22.3 Å². The average Bonchev–Trinajstić information content (AvgIpc) is 2.46. The van der Waals surface area contributed by atoms with Crippen molar-refractivity contribution < 1.29 is 4.74 Å². The summed E-state index contributed by atoms with van der Waals surface area (Å²) in [5.41, 5.74) is 5.13. The van der Waals surface area contributed by atoms with Crippen molar-refractivity contribution in [3.8, 4) is 0 Å². The van der Waals surface area contributed by atoms with E-state index in [0.717, 1.165) is 6.54 Å². The van der Waals surface area contributed by atoms with Gasteiger partial charge in [-0.2, -0.15) is 0 Å². The summed E-state index contributed by atoms with van der Waals surface area (Å²) in [6, 6.07) is 17.3. The molecule has 1 unspecified atom stereocenters. The van der Waals surface area contributed by atoms with Crippen LogP contribution in [0.15, 0.2) is 48.5 Å². The van der Waals surface area contributed by atoms with Gasteiger partial charge in [0.1, 0.15) is 0 Å².